The average Bonchev–Trinajstić information content (AvgIpc) is 3.69. The van der Waals surface area contributed by atoms with Gasteiger partial charge in [0.2, 0.25) is 5.82 Å². The van der Waals surface area contributed by atoms with Crippen LogP contribution in [0.4, 0.5) is 0 Å². The van der Waals surface area contributed by atoms with Crippen molar-refractivity contribution in [2.24, 2.45) is 0 Å². The zero-order chi connectivity index (χ0) is 25.6. The Morgan fingerprint density at radius 1 is 1.03 bits per heavy atom. The van der Waals surface area contributed by atoms with Crippen molar-refractivity contribution < 1.29 is 0 Å². The molecule has 190 valence electrons. The summed E-state index contributed by atoms with van der Waals surface area (Å²) in [6.45, 7) is 5.43. The summed E-state index contributed by atoms with van der Waals surface area (Å²) in [5, 5.41) is 19.0. The molecule has 0 aliphatic rings. The minimum Gasteiger partial charge on any atom is -0.295 e. The Balaban J connectivity index is 1.49. The van der Waals surface area contributed by atoms with Gasteiger partial charge in [0.05, 0.1) is 12.6 Å². The number of rotatable bonds is 11. The van der Waals surface area contributed by atoms with Crippen molar-refractivity contribution in [1.29, 1.82) is 0 Å². The number of pyridine rings is 1. The first kappa shape index (κ1) is 24.3. The van der Waals surface area contributed by atoms with Gasteiger partial charge in [0.15, 0.2) is 0 Å². The number of hydrogen-bond acceptors (Lipinski definition) is 7. The highest BCUT2D eigenvalue weighted by Crippen LogP contribution is 2.32. The zero-order valence-electron chi connectivity index (χ0n) is 21.0. The van der Waals surface area contributed by atoms with Gasteiger partial charge in [-0.25, -0.2) is 14.5 Å². The highest BCUT2D eigenvalue weighted by atomic mass is 16.1. The molecule has 5 rings (SSSR count). The van der Waals surface area contributed by atoms with E-state index in [-0.39, 0.29) is 11.7 Å². The monoisotopic (exact) mass is 498 g/mol. The number of aromatic amines is 1. The molecule has 4 aromatic heterocycles. The smallest absolute Gasteiger partial charge is 0.295 e. The van der Waals surface area contributed by atoms with E-state index < -0.39 is 0 Å². The lowest BCUT2D eigenvalue weighted by molar-refractivity contribution is 0.440. The molecule has 1 atom stereocenters. The summed E-state index contributed by atoms with van der Waals surface area (Å²) in [5.41, 5.74) is 3.57. The van der Waals surface area contributed by atoms with Gasteiger partial charge in [-0.15, -0.1) is 10.2 Å². The summed E-state index contributed by atoms with van der Waals surface area (Å²) in [6.07, 6.45) is 12.6. The number of H-pyrrole nitrogens is 1. The maximum absolute atomic E-state index is 13.6. The Morgan fingerprint density at radius 3 is 2.68 bits per heavy atom. The van der Waals surface area contributed by atoms with Gasteiger partial charge in [-0.05, 0) is 40.8 Å². The quantitative estimate of drug-likeness (QED) is 0.294. The SMILES string of the molecule is CCCCn1ncnc1C(CCC)n1ccn(Cc2cnccc2-c2ccccc2-c2nn[nH]n2)c1=O. The number of aromatic nitrogens is 10. The predicted molar refractivity (Wildman–Crippen MR) is 139 cm³/mol. The summed E-state index contributed by atoms with van der Waals surface area (Å²) >= 11 is 0. The molecule has 0 spiro atoms. The van der Waals surface area contributed by atoms with Crippen LogP contribution in [0.25, 0.3) is 22.5 Å². The fourth-order valence-electron chi connectivity index (χ4n) is 4.65. The van der Waals surface area contributed by atoms with Crippen LogP contribution in [0.5, 0.6) is 0 Å². The molecule has 11 heteroatoms. The van der Waals surface area contributed by atoms with E-state index in [9.17, 15) is 4.79 Å². The third kappa shape index (κ3) is 4.97. The Morgan fingerprint density at radius 2 is 1.89 bits per heavy atom. The van der Waals surface area contributed by atoms with E-state index in [2.05, 4.69) is 49.5 Å². The van der Waals surface area contributed by atoms with Gasteiger partial charge in [0.25, 0.3) is 0 Å². The van der Waals surface area contributed by atoms with Crippen molar-refractivity contribution in [3.63, 3.8) is 0 Å². The summed E-state index contributed by atoms with van der Waals surface area (Å²) in [7, 11) is 0. The number of nitrogens with zero attached hydrogens (tertiary/aromatic N) is 9. The molecule has 0 aliphatic carbocycles. The molecule has 1 unspecified atom stereocenters. The first-order chi connectivity index (χ1) is 18.2. The van der Waals surface area contributed by atoms with Gasteiger partial charge in [-0.3, -0.25) is 14.1 Å². The van der Waals surface area contributed by atoms with Crippen LogP contribution in [0, 0.1) is 0 Å². The second-order valence-corrected chi connectivity index (χ2v) is 8.93. The third-order valence-electron chi connectivity index (χ3n) is 6.49. The Hall–Kier alpha value is -4.41. The van der Waals surface area contributed by atoms with E-state index in [0.717, 1.165) is 60.3 Å². The van der Waals surface area contributed by atoms with Crippen LogP contribution in [0.2, 0.25) is 0 Å². The van der Waals surface area contributed by atoms with Crippen LogP contribution in [0.1, 0.15) is 57.0 Å². The number of unbranched alkanes of at least 4 members (excludes halogenated alkanes) is 1. The largest absolute Gasteiger partial charge is 0.329 e. The highest BCUT2D eigenvalue weighted by Gasteiger charge is 2.22. The molecule has 1 N–H and O–H groups in total. The lowest BCUT2D eigenvalue weighted by atomic mass is 9.96. The van der Waals surface area contributed by atoms with Gasteiger partial charge in [0, 0.05) is 36.9 Å². The topological polar surface area (TPSA) is 125 Å². The predicted octanol–water partition coefficient (Wildman–Crippen LogP) is 3.72. The van der Waals surface area contributed by atoms with Gasteiger partial charge >= 0.3 is 5.69 Å². The van der Waals surface area contributed by atoms with E-state index in [1.54, 1.807) is 27.9 Å². The van der Waals surface area contributed by atoms with Crippen LogP contribution < -0.4 is 5.69 Å². The van der Waals surface area contributed by atoms with Crippen LogP contribution in [0.3, 0.4) is 0 Å². The van der Waals surface area contributed by atoms with Crippen LogP contribution in [-0.2, 0) is 13.1 Å². The van der Waals surface area contributed by atoms with E-state index in [4.69, 9.17) is 0 Å². The minimum absolute atomic E-state index is 0.0928. The van der Waals surface area contributed by atoms with Crippen molar-refractivity contribution in [2.75, 3.05) is 0 Å². The lowest BCUT2D eigenvalue weighted by Gasteiger charge is -2.17. The van der Waals surface area contributed by atoms with Crippen LogP contribution in [-0.4, -0.2) is 49.5 Å². The van der Waals surface area contributed by atoms with Gasteiger partial charge in [-0.2, -0.15) is 10.3 Å². The molecule has 0 amide bonds. The molecule has 0 bridgehead atoms. The fourth-order valence-corrected chi connectivity index (χ4v) is 4.65. The zero-order valence-corrected chi connectivity index (χ0v) is 21.0. The van der Waals surface area contributed by atoms with E-state index >= 15 is 0 Å². The molecule has 0 saturated heterocycles. The molecular weight excluding hydrogens is 468 g/mol. The van der Waals surface area contributed by atoms with Gasteiger partial charge < -0.3 is 0 Å². The molecule has 5 aromatic rings. The first-order valence-electron chi connectivity index (χ1n) is 12.6. The third-order valence-corrected chi connectivity index (χ3v) is 6.49. The fraction of sp³-hybridized carbons (Fsp3) is 0.346. The number of hydrogen-bond donors (Lipinski definition) is 1. The Labute approximate surface area is 214 Å². The second-order valence-electron chi connectivity index (χ2n) is 8.93. The number of imidazole rings is 1. The van der Waals surface area contributed by atoms with Crippen molar-refractivity contribution in [3.8, 4) is 22.5 Å². The van der Waals surface area contributed by atoms with Gasteiger partial charge in [-0.1, -0.05) is 51.0 Å². The number of benzene rings is 1. The number of aryl methyl sites for hydroxylation is 1. The van der Waals surface area contributed by atoms with Crippen molar-refractivity contribution in [2.45, 2.75) is 58.7 Å². The van der Waals surface area contributed by atoms with Crippen LogP contribution >= 0.6 is 0 Å². The molecule has 0 fully saturated rings. The normalized spacial score (nSPS) is 12.2. The summed E-state index contributed by atoms with van der Waals surface area (Å²) < 4.78 is 5.42. The molecule has 11 nitrogen and oxygen atoms in total. The molecular formula is C26H30N10O. The van der Waals surface area contributed by atoms with Crippen LogP contribution in [0.15, 0.2) is 66.2 Å². The first-order valence-corrected chi connectivity index (χ1v) is 12.6. The molecule has 0 saturated carbocycles. The highest BCUT2D eigenvalue weighted by molar-refractivity contribution is 5.81. The van der Waals surface area contributed by atoms with Crippen molar-refractivity contribution in [3.05, 3.63) is 83.3 Å². The summed E-state index contributed by atoms with van der Waals surface area (Å²) in [4.78, 5) is 22.5. The minimum atomic E-state index is -0.176. The summed E-state index contributed by atoms with van der Waals surface area (Å²) in [5.74, 6) is 1.34. The Kier molecular flexibility index (Phi) is 7.29. The lowest BCUT2D eigenvalue weighted by Crippen LogP contribution is -2.30. The van der Waals surface area contributed by atoms with E-state index in [1.807, 2.05) is 47.4 Å². The molecule has 37 heavy (non-hydrogen) atoms. The second kappa shape index (κ2) is 11.1. The standard InChI is InChI=1S/C26H30N10O/c1-3-5-13-36-25(28-18-29-36)23(8-4-2)35-15-14-34(26(35)37)17-19-16-27-12-11-20(19)21-9-6-7-10-22(21)24-30-32-33-31-24/h6-7,9-12,14-16,18,23H,3-5,8,13,17H2,1-2H3,(H,30,31,32,33). The molecule has 0 aliphatic heterocycles. The van der Waals surface area contributed by atoms with Gasteiger partial charge in [0.1, 0.15) is 12.2 Å². The Bertz CT molecular complexity index is 1500. The maximum atomic E-state index is 13.6. The molecule has 4 heterocycles. The number of tetrazole rings is 1. The van der Waals surface area contributed by atoms with E-state index in [0.29, 0.717) is 12.4 Å². The van der Waals surface area contributed by atoms with Crippen molar-refractivity contribution >= 4 is 0 Å². The maximum Gasteiger partial charge on any atom is 0.329 e. The summed E-state index contributed by atoms with van der Waals surface area (Å²) in [6, 6.07) is 9.65. The molecule has 0 radical (unpaired) electrons. The van der Waals surface area contributed by atoms with Crippen molar-refractivity contribution in [1.82, 2.24) is 49.5 Å². The number of nitrogens with one attached hydrogen (secondary N) is 1. The average molecular weight is 499 g/mol. The van der Waals surface area contributed by atoms with E-state index in [1.165, 1.54) is 0 Å². The molecule has 1 aromatic carbocycles.